The minimum absolute atomic E-state index is 0.0524. The molecule has 32 heavy (non-hydrogen) atoms. The van der Waals surface area contributed by atoms with Gasteiger partial charge in [-0.2, -0.15) is 5.26 Å². The maximum absolute atomic E-state index is 9.77. The van der Waals surface area contributed by atoms with Crippen molar-refractivity contribution < 1.29 is 9.47 Å². The molecule has 0 radical (unpaired) electrons. The standard InChI is InChI=1S/C25H19N5O2/c26-13-20-21(18-7-4-12-28-14-18)22-23(29-30-25(22)32-24(20)27)17-8-10-19(11-9-17)31-15-16-5-2-1-3-6-16/h1-12,14,21H,15,27H2,(H,29,30)/t21-/m1/s1. The predicted octanol–water partition coefficient (Wildman–Crippen LogP) is 4.27. The van der Waals surface area contributed by atoms with Crippen molar-refractivity contribution in [3.63, 3.8) is 0 Å². The first kappa shape index (κ1) is 19.4. The van der Waals surface area contributed by atoms with E-state index in [0.717, 1.165) is 33.7 Å². The number of nitrogens with one attached hydrogen (secondary N) is 1. The maximum atomic E-state index is 9.77. The van der Waals surface area contributed by atoms with Crippen LogP contribution in [0, 0.1) is 11.3 Å². The van der Waals surface area contributed by atoms with Gasteiger partial charge in [0.2, 0.25) is 11.8 Å². The van der Waals surface area contributed by atoms with E-state index in [4.69, 9.17) is 15.2 Å². The number of benzene rings is 2. The quantitative estimate of drug-likeness (QED) is 0.498. The molecule has 0 saturated heterocycles. The smallest absolute Gasteiger partial charge is 0.244 e. The highest BCUT2D eigenvalue weighted by atomic mass is 16.5. The van der Waals surface area contributed by atoms with E-state index in [1.165, 1.54) is 0 Å². The van der Waals surface area contributed by atoms with Crippen LogP contribution in [0.1, 0.15) is 22.6 Å². The lowest BCUT2D eigenvalue weighted by Gasteiger charge is -2.23. The highest BCUT2D eigenvalue weighted by Gasteiger charge is 2.35. The highest BCUT2D eigenvalue weighted by Crippen LogP contribution is 2.45. The molecule has 0 unspecified atom stereocenters. The maximum Gasteiger partial charge on any atom is 0.244 e. The van der Waals surface area contributed by atoms with Crippen LogP contribution in [0.4, 0.5) is 0 Å². The van der Waals surface area contributed by atoms with E-state index in [2.05, 4.69) is 21.3 Å². The molecule has 156 valence electrons. The van der Waals surface area contributed by atoms with Crippen LogP contribution in [0.3, 0.4) is 0 Å². The Morgan fingerprint density at radius 3 is 2.59 bits per heavy atom. The van der Waals surface area contributed by atoms with E-state index in [9.17, 15) is 5.26 Å². The Labute approximate surface area is 184 Å². The Kier molecular flexibility index (Phi) is 5.02. The normalized spacial score (nSPS) is 14.9. The molecule has 1 atom stereocenters. The van der Waals surface area contributed by atoms with Crippen LogP contribution in [0.5, 0.6) is 11.6 Å². The van der Waals surface area contributed by atoms with E-state index in [0.29, 0.717) is 18.1 Å². The van der Waals surface area contributed by atoms with E-state index >= 15 is 0 Å². The minimum atomic E-state index is -0.430. The Morgan fingerprint density at radius 1 is 1.06 bits per heavy atom. The van der Waals surface area contributed by atoms with Crippen molar-refractivity contribution in [2.24, 2.45) is 5.73 Å². The molecule has 7 heteroatoms. The number of nitrogens with two attached hydrogens (primary N) is 1. The molecular formula is C25H19N5O2. The molecule has 0 saturated carbocycles. The van der Waals surface area contributed by atoms with Gasteiger partial charge in [0, 0.05) is 18.0 Å². The number of nitriles is 1. The molecule has 7 nitrogen and oxygen atoms in total. The Morgan fingerprint density at radius 2 is 1.88 bits per heavy atom. The second kappa shape index (κ2) is 8.28. The summed E-state index contributed by atoms with van der Waals surface area (Å²) in [6, 6.07) is 23.6. The number of rotatable bonds is 5. The molecule has 0 bridgehead atoms. The van der Waals surface area contributed by atoms with Gasteiger partial charge in [-0.3, -0.25) is 10.1 Å². The van der Waals surface area contributed by atoms with Gasteiger partial charge in [0.1, 0.15) is 24.0 Å². The number of pyridine rings is 1. The molecule has 2 aromatic carbocycles. The first-order valence-electron chi connectivity index (χ1n) is 10.1. The Hall–Kier alpha value is -4.57. The zero-order valence-electron chi connectivity index (χ0n) is 17.0. The zero-order chi connectivity index (χ0) is 21.9. The van der Waals surface area contributed by atoms with Crippen LogP contribution in [-0.4, -0.2) is 15.2 Å². The van der Waals surface area contributed by atoms with Crippen LogP contribution in [-0.2, 0) is 6.61 Å². The van der Waals surface area contributed by atoms with Gasteiger partial charge in [-0.25, -0.2) is 0 Å². The summed E-state index contributed by atoms with van der Waals surface area (Å²) in [5.41, 5.74) is 10.7. The summed E-state index contributed by atoms with van der Waals surface area (Å²) in [6.07, 6.45) is 3.41. The van der Waals surface area contributed by atoms with Crippen molar-refractivity contribution >= 4 is 0 Å². The Balaban J connectivity index is 1.48. The predicted molar refractivity (Wildman–Crippen MR) is 118 cm³/mol. The molecule has 4 aromatic rings. The van der Waals surface area contributed by atoms with Crippen molar-refractivity contribution in [1.29, 1.82) is 5.26 Å². The summed E-state index contributed by atoms with van der Waals surface area (Å²) in [6.45, 7) is 0.492. The fourth-order valence-corrected chi connectivity index (χ4v) is 3.80. The van der Waals surface area contributed by atoms with Gasteiger partial charge >= 0.3 is 0 Å². The van der Waals surface area contributed by atoms with Crippen LogP contribution in [0.15, 0.2) is 90.6 Å². The summed E-state index contributed by atoms with van der Waals surface area (Å²) < 4.78 is 11.5. The fraction of sp³-hybridized carbons (Fsp3) is 0.0800. The lowest BCUT2D eigenvalue weighted by molar-refractivity contribution is 0.306. The van der Waals surface area contributed by atoms with Crippen LogP contribution >= 0.6 is 0 Å². The number of nitrogens with zero attached hydrogens (tertiary/aromatic N) is 3. The molecule has 1 aliphatic heterocycles. The monoisotopic (exact) mass is 421 g/mol. The van der Waals surface area contributed by atoms with Crippen molar-refractivity contribution in [2.75, 3.05) is 0 Å². The molecular weight excluding hydrogens is 402 g/mol. The fourth-order valence-electron chi connectivity index (χ4n) is 3.80. The number of allylic oxidation sites excluding steroid dienone is 1. The van der Waals surface area contributed by atoms with Gasteiger partial charge < -0.3 is 15.2 Å². The summed E-state index contributed by atoms with van der Waals surface area (Å²) >= 11 is 0. The lowest BCUT2D eigenvalue weighted by atomic mass is 9.84. The number of H-pyrrole nitrogens is 1. The van der Waals surface area contributed by atoms with E-state index < -0.39 is 5.92 Å². The van der Waals surface area contributed by atoms with E-state index in [1.807, 2.05) is 66.7 Å². The van der Waals surface area contributed by atoms with Crippen molar-refractivity contribution in [3.05, 3.63) is 107 Å². The third kappa shape index (κ3) is 3.55. The van der Waals surface area contributed by atoms with Gasteiger partial charge in [-0.05, 0) is 41.5 Å². The van der Waals surface area contributed by atoms with E-state index in [1.54, 1.807) is 12.4 Å². The van der Waals surface area contributed by atoms with Gasteiger partial charge in [-0.15, -0.1) is 5.10 Å². The molecule has 3 N–H and O–H groups in total. The summed E-state index contributed by atoms with van der Waals surface area (Å²) in [5, 5.41) is 17.1. The third-order valence-electron chi connectivity index (χ3n) is 5.35. The molecule has 0 amide bonds. The molecule has 1 aliphatic rings. The molecule has 0 fully saturated rings. The molecule has 3 heterocycles. The van der Waals surface area contributed by atoms with E-state index in [-0.39, 0.29) is 5.88 Å². The average Bonchev–Trinajstić information content (AvgIpc) is 3.26. The zero-order valence-corrected chi connectivity index (χ0v) is 17.0. The molecule has 2 aromatic heterocycles. The SMILES string of the molecule is N#CC1=C(N)Oc2n[nH]c(-c3ccc(OCc4ccccc4)cc3)c2[C@@H]1c1cccnc1. The van der Waals surface area contributed by atoms with Gasteiger partial charge in [0.25, 0.3) is 0 Å². The van der Waals surface area contributed by atoms with Crippen molar-refractivity contribution in [2.45, 2.75) is 12.5 Å². The minimum Gasteiger partial charge on any atom is -0.489 e. The second-order valence-electron chi connectivity index (χ2n) is 7.33. The number of hydrogen-bond acceptors (Lipinski definition) is 6. The van der Waals surface area contributed by atoms with Crippen LogP contribution < -0.4 is 15.2 Å². The number of aromatic amines is 1. The third-order valence-corrected chi connectivity index (χ3v) is 5.35. The topological polar surface area (TPSA) is 110 Å². The molecule has 0 spiro atoms. The second-order valence-corrected chi connectivity index (χ2v) is 7.33. The first-order valence-corrected chi connectivity index (χ1v) is 10.1. The number of fused-ring (bicyclic) bond motifs is 1. The Bertz CT molecular complexity index is 1310. The first-order chi connectivity index (χ1) is 15.7. The van der Waals surface area contributed by atoms with Crippen LogP contribution in [0.2, 0.25) is 0 Å². The van der Waals surface area contributed by atoms with Crippen LogP contribution in [0.25, 0.3) is 11.3 Å². The lowest BCUT2D eigenvalue weighted by Crippen LogP contribution is -2.21. The summed E-state index contributed by atoms with van der Waals surface area (Å²) in [7, 11) is 0. The van der Waals surface area contributed by atoms with Crippen molar-refractivity contribution in [1.82, 2.24) is 15.2 Å². The molecule has 5 rings (SSSR count). The van der Waals surface area contributed by atoms with Gasteiger partial charge in [0.05, 0.1) is 17.2 Å². The summed E-state index contributed by atoms with van der Waals surface area (Å²) in [4.78, 5) is 4.21. The average molecular weight is 421 g/mol. The van der Waals surface area contributed by atoms with Gasteiger partial charge in [0.15, 0.2) is 0 Å². The number of ether oxygens (including phenoxy) is 2. The van der Waals surface area contributed by atoms with Gasteiger partial charge in [-0.1, -0.05) is 36.4 Å². The number of hydrogen-bond donors (Lipinski definition) is 2. The largest absolute Gasteiger partial charge is 0.489 e. The highest BCUT2D eigenvalue weighted by molar-refractivity contribution is 5.71. The van der Waals surface area contributed by atoms with Crippen molar-refractivity contribution in [3.8, 4) is 29.0 Å². The summed E-state index contributed by atoms with van der Waals surface area (Å²) in [5.74, 6) is 0.736. The molecule has 0 aliphatic carbocycles. The number of aromatic nitrogens is 3.